The largest absolute Gasteiger partial charge is 0.301 e. The maximum Gasteiger partial charge on any atom is 0.0423 e. The third-order valence-corrected chi connectivity index (χ3v) is 4.09. The van der Waals surface area contributed by atoms with E-state index in [4.69, 9.17) is 23.2 Å². The molecule has 98 valence electrons. The molecule has 0 aliphatic carbocycles. The molecule has 19 heavy (non-hydrogen) atoms. The molecule has 0 amide bonds. The van der Waals surface area contributed by atoms with E-state index in [1.165, 1.54) is 16.7 Å². The summed E-state index contributed by atoms with van der Waals surface area (Å²) in [7, 11) is 2.15. The van der Waals surface area contributed by atoms with Gasteiger partial charge in [-0.1, -0.05) is 47.5 Å². The fourth-order valence-electron chi connectivity index (χ4n) is 2.84. The third kappa shape index (κ3) is 2.64. The number of benzene rings is 2. The van der Waals surface area contributed by atoms with Crippen molar-refractivity contribution in [2.75, 3.05) is 13.6 Å². The highest BCUT2D eigenvalue weighted by molar-refractivity contribution is 6.34. The predicted molar refractivity (Wildman–Crippen MR) is 81.1 cm³/mol. The second-order valence-electron chi connectivity index (χ2n) is 5.15. The van der Waals surface area contributed by atoms with Gasteiger partial charge in [0.25, 0.3) is 0 Å². The Kier molecular flexibility index (Phi) is 3.53. The van der Waals surface area contributed by atoms with Gasteiger partial charge in [0.1, 0.15) is 0 Å². The molecule has 3 heteroatoms. The van der Waals surface area contributed by atoms with Crippen LogP contribution < -0.4 is 0 Å². The summed E-state index contributed by atoms with van der Waals surface area (Å²) in [5, 5.41) is 1.40. The minimum absolute atomic E-state index is 0.339. The van der Waals surface area contributed by atoms with E-state index in [0.29, 0.717) is 16.0 Å². The molecule has 0 saturated heterocycles. The average Bonchev–Trinajstić information content (AvgIpc) is 2.36. The van der Waals surface area contributed by atoms with Crippen LogP contribution in [0.25, 0.3) is 0 Å². The van der Waals surface area contributed by atoms with Crippen molar-refractivity contribution in [2.24, 2.45) is 0 Å². The number of halogens is 2. The molecule has 2 aromatic carbocycles. The van der Waals surface area contributed by atoms with Crippen molar-refractivity contribution in [3.05, 3.63) is 69.2 Å². The first-order valence-electron chi connectivity index (χ1n) is 6.36. The van der Waals surface area contributed by atoms with Crippen LogP contribution in [-0.2, 0) is 6.54 Å². The summed E-state index contributed by atoms with van der Waals surface area (Å²) in [5.74, 6) is 0.339. The second kappa shape index (κ2) is 5.16. The maximum atomic E-state index is 6.13. The molecule has 1 nitrogen and oxygen atoms in total. The van der Waals surface area contributed by atoms with Gasteiger partial charge in [0, 0.05) is 29.1 Å². The van der Waals surface area contributed by atoms with E-state index in [-0.39, 0.29) is 0 Å². The molecule has 0 N–H and O–H groups in total. The van der Waals surface area contributed by atoms with E-state index in [9.17, 15) is 0 Å². The van der Waals surface area contributed by atoms with E-state index in [2.05, 4.69) is 36.2 Å². The molecule has 2 aromatic rings. The second-order valence-corrected chi connectivity index (χ2v) is 6.02. The SMILES string of the molecule is CN1Cc2ccccc2C(c2cc(Cl)cc(Cl)c2)C1. The van der Waals surface area contributed by atoms with Gasteiger partial charge in [-0.25, -0.2) is 0 Å². The third-order valence-electron chi connectivity index (χ3n) is 3.65. The van der Waals surface area contributed by atoms with Crippen molar-refractivity contribution in [2.45, 2.75) is 12.5 Å². The Labute approximate surface area is 123 Å². The van der Waals surface area contributed by atoms with Crippen LogP contribution in [0.5, 0.6) is 0 Å². The van der Waals surface area contributed by atoms with Gasteiger partial charge in [0.15, 0.2) is 0 Å². The standard InChI is InChI=1S/C16H15Cl2N/c1-19-9-11-4-2-3-5-15(11)16(10-19)12-6-13(17)8-14(18)7-12/h2-8,16H,9-10H2,1H3. The van der Waals surface area contributed by atoms with Crippen LogP contribution in [0.1, 0.15) is 22.6 Å². The van der Waals surface area contributed by atoms with Crippen molar-refractivity contribution in [1.29, 1.82) is 0 Å². The molecule has 1 atom stereocenters. The molecule has 0 radical (unpaired) electrons. The van der Waals surface area contributed by atoms with Gasteiger partial charge < -0.3 is 4.90 Å². The van der Waals surface area contributed by atoms with Gasteiger partial charge in [-0.05, 0) is 41.9 Å². The predicted octanol–water partition coefficient (Wildman–Crippen LogP) is 4.57. The normalized spacial score (nSPS) is 19.2. The molecule has 1 aliphatic heterocycles. The Balaban J connectivity index is 2.09. The van der Waals surface area contributed by atoms with Crippen LogP contribution in [0.3, 0.4) is 0 Å². The summed E-state index contributed by atoms with van der Waals surface area (Å²) in [6, 6.07) is 14.4. The van der Waals surface area contributed by atoms with E-state index in [1.54, 1.807) is 6.07 Å². The highest BCUT2D eigenvalue weighted by atomic mass is 35.5. The zero-order chi connectivity index (χ0) is 13.4. The first-order valence-corrected chi connectivity index (χ1v) is 7.11. The van der Waals surface area contributed by atoms with E-state index in [0.717, 1.165) is 13.1 Å². The van der Waals surface area contributed by atoms with E-state index < -0.39 is 0 Å². The zero-order valence-electron chi connectivity index (χ0n) is 10.7. The summed E-state index contributed by atoms with van der Waals surface area (Å²) in [6.45, 7) is 1.99. The molecule has 3 rings (SSSR count). The molecule has 0 spiro atoms. The first-order chi connectivity index (χ1) is 9.13. The lowest BCUT2D eigenvalue weighted by atomic mass is 9.85. The number of rotatable bonds is 1. The molecule has 0 fully saturated rings. The Morgan fingerprint density at radius 3 is 2.47 bits per heavy atom. The molecule has 0 bridgehead atoms. The Hall–Kier alpha value is -1.02. The van der Waals surface area contributed by atoms with Gasteiger partial charge >= 0.3 is 0 Å². The zero-order valence-corrected chi connectivity index (χ0v) is 12.2. The first kappa shape index (κ1) is 13.0. The van der Waals surface area contributed by atoms with Crippen LogP contribution >= 0.6 is 23.2 Å². The van der Waals surface area contributed by atoms with Crippen molar-refractivity contribution >= 4 is 23.2 Å². The highest BCUT2D eigenvalue weighted by Gasteiger charge is 2.24. The Morgan fingerprint density at radius 1 is 1.05 bits per heavy atom. The summed E-state index contributed by atoms with van der Waals surface area (Å²) >= 11 is 12.3. The molecule has 0 saturated carbocycles. The lowest BCUT2D eigenvalue weighted by Crippen LogP contribution is -2.30. The van der Waals surface area contributed by atoms with E-state index >= 15 is 0 Å². The minimum Gasteiger partial charge on any atom is -0.301 e. The van der Waals surface area contributed by atoms with Crippen LogP contribution in [0.4, 0.5) is 0 Å². The van der Waals surface area contributed by atoms with Gasteiger partial charge in [0.05, 0.1) is 0 Å². The van der Waals surface area contributed by atoms with Crippen molar-refractivity contribution in [3.63, 3.8) is 0 Å². The fourth-order valence-corrected chi connectivity index (χ4v) is 3.39. The summed E-state index contributed by atoms with van der Waals surface area (Å²) in [6.07, 6.45) is 0. The number of fused-ring (bicyclic) bond motifs is 1. The lowest BCUT2D eigenvalue weighted by molar-refractivity contribution is 0.295. The Bertz CT molecular complexity index is 589. The van der Waals surface area contributed by atoms with Crippen molar-refractivity contribution in [1.82, 2.24) is 4.90 Å². The number of nitrogens with zero attached hydrogens (tertiary/aromatic N) is 1. The monoisotopic (exact) mass is 291 g/mol. The lowest BCUT2D eigenvalue weighted by Gasteiger charge is -2.32. The topological polar surface area (TPSA) is 3.24 Å². The molecular weight excluding hydrogens is 277 g/mol. The molecule has 0 aromatic heterocycles. The van der Waals surface area contributed by atoms with Crippen LogP contribution in [0.15, 0.2) is 42.5 Å². The summed E-state index contributed by atoms with van der Waals surface area (Å²) in [4.78, 5) is 2.34. The van der Waals surface area contributed by atoms with Gasteiger partial charge in [0.2, 0.25) is 0 Å². The van der Waals surface area contributed by atoms with Crippen LogP contribution in [0, 0.1) is 0 Å². The smallest absolute Gasteiger partial charge is 0.0423 e. The number of likely N-dealkylation sites (N-methyl/N-ethyl adjacent to an activating group) is 1. The van der Waals surface area contributed by atoms with Crippen molar-refractivity contribution in [3.8, 4) is 0 Å². The minimum atomic E-state index is 0.339. The molecule has 1 heterocycles. The van der Waals surface area contributed by atoms with E-state index in [1.807, 2.05) is 12.1 Å². The van der Waals surface area contributed by atoms with Crippen LogP contribution in [-0.4, -0.2) is 18.5 Å². The van der Waals surface area contributed by atoms with Gasteiger partial charge in [-0.2, -0.15) is 0 Å². The quantitative estimate of drug-likeness (QED) is 0.744. The molecule has 1 aliphatic rings. The number of hydrogen-bond donors (Lipinski definition) is 0. The maximum absolute atomic E-state index is 6.13. The van der Waals surface area contributed by atoms with Crippen molar-refractivity contribution < 1.29 is 0 Å². The van der Waals surface area contributed by atoms with Gasteiger partial charge in [-0.15, -0.1) is 0 Å². The Morgan fingerprint density at radius 2 is 1.74 bits per heavy atom. The summed E-state index contributed by atoms with van der Waals surface area (Å²) in [5.41, 5.74) is 3.97. The van der Waals surface area contributed by atoms with Crippen LogP contribution in [0.2, 0.25) is 10.0 Å². The average molecular weight is 292 g/mol. The van der Waals surface area contributed by atoms with Gasteiger partial charge in [-0.3, -0.25) is 0 Å². The fraction of sp³-hybridized carbons (Fsp3) is 0.250. The highest BCUT2D eigenvalue weighted by Crippen LogP contribution is 2.35. The molecular formula is C16H15Cl2N. The number of hydrogen-bond acceptors (Lipinski definition) is 1. The summed E-state index contributed by atoms with van der Waals surface area (Å²) < 4.78 is 0. The molecule has 1 unspecified atom stereocenters.